The van der Waals surface area contributed by atoms with Crippen LogP contribution < -0.4 is 5.32 Å². The van der Waals surface area contributed by atoms with Gasteiger partial charge in [0.2, 0.25) is 5.91 Å². The fourth-order valence-electron chi connectivity index (χ4n) is 1.05. The van der Waals surface area contributed by atoms with Crippen molar-refractivity contribution in [1.29, 1.82) is 0 Å². The zero-order valence-electron chi connectivity index (χ0n) is 7.96. The van der Waals surface area contributed by atoms with Crippen LogP contribution in [0.15, 0.2) is 22.7 Å². The van der Waals surface area contributed by atoms with E-state index in [2.05, 4.69) is 21.2 Å². The molecule has 15 heavy (non-hydrogen) atoms. The van der Waals surface area contributed by atoms with Gasteiger partial charge in [0.25, 0.3) is 0 Å². The number of nitrogens with one attached hydrogen (secondary N) is 1. The molecular weight excluding hydrogens is 265 g/mol. The number of hydrogen-bond acceptors (Lipinski definition) is 2. The van der Waals surface area contributed by atoms with Gasteiger partial charge in [-0.25, -0.2) is 4.39 Å². The Morgan fingerprint density at radius 1 is 1.53 bits per heavy atom. The Balaban J connectivity index is 2.54. The first-order chi connectivity index (χ1) is 7.13. The van der Waals surface area contributed by atoms with Gasteiger partial charge in [0.15, 0.2) is 0 Å². The van der Waals surface area contributed by atoms with Crippen LogP contribution in [0.5, 0.6) is 0 Å². The minimum atomic E-state index is -0.367. The molecule has 0 aliphatic rings. The Morgan fingerprint density at radius 3 is 2.87 bits per heavy atom. The lowest BCUT2D eigenvalue weighted by Crippen LogP contribution is -2.23. The highest BCUT2D eigenvalue weighted by molar-refractivity contribution is 9.10. The Kier molecular flexibility index (Phi) is 4.71. The highest BCUT2D eigenvalue weighted by Crippen LogP contribution is 2.14. The van der Waals surface area contributed by atoms with Gasteiger partial charge in [0.05, 0.1) is 6.61 Å². The fourth-order valence-corrected chi connectivity index (χ4v) is 1.38. The van der Waals surface area contributed by atoms with Crippen LogP contribution in [0.3, 0.4) is 0 Å². The van der Waals surface area contributed by atoms with Crippen LogP contribution in [0, 0.1) is 5.82 Å². The molecule has 82 valence electrons. The third-order valence-corrected chi connectivity index (χ3v) is 2.32. The normalized spacial score (nSPS) is 10.1. The molecule has 1 amide bonds. The average molecular weight is 276 g/mol. The summed E-state index contributed by atoms with van der Waals surface area (Å²) in [6.07, 6.45) is 0.0398. The lowest BCUT2D eigenvalue weighted by molar-refractivity contribution is -0.121. The van der Waals surface area contributed by atoms with E-state index in [4.69, 9.17) is 5.11 Å². The van der Waals surface area contributed by atoms with Crippen LogP contribution in [0.2, 0.25) is 0 Å². The fraction of sp³-hybridized carbons (Fsp3) is 0.300. The number of carbonyl (C=O) groups is 1. The van der Waals surface area contributed by atoms with Crippen LogP contribution in [0.25, 0.3) is 0 Å². The van der Waals surface area contributed by atoms with Crippen LogP contribution >= 0.6 is 15.9 Å². The van der Waals surface area contributed by atoms with Crippen molar-refractivity contribution in [1.82, 2.24) is 5.32 Å². The molecule has 0 aromatic heterocycles. The van der Waals surface area contributed by atoms with E-state index in [0.717, 1.165) is 0 Å². The molecule has 0 spiro atoms. The summed E-state index contributed by atoms with van der Waals surface area (Å²) in [7, 11) is 0. The zero-order chi connectivity index (χ0) is 11.3. The summed E-state index contributed by atoms with van der Waals surface area (Å²) in [4.78, 5) is 11.0. The standard InChI is InChI=1S/C10H11BrFNO2/c11-8-2-1-7(9(12)5-8)6-13-10(15)3-4-14/h1-2,5,14H,3-4,6H2,(H,13,15). The van der Waals surface area contributed by atoms with Crippen molar-refractivity contribution in [2.75, 3.05) is 6.61 Å². The first-order valence-corrected chi connectivity index (χ1v) is 5.24. The maximum Gasteiger partial charge on any atom is 0.222 e. The topological polar surface area (TPSA) is 49.3 Å². The number of amides is 1. The Hall–Kier alpha value is -0.940. The molecule has 0 aliphatic heterocycles. The smallest absolute Gasteiger partial charge is 0.222 e. The van der Waals surface area contributed by atoms with E-state index < -0.39 is 0 Å². The number of benzene rings is 1. The minimum Gasteiger partial charge on any atom is -0.396 e. The van der Waals surface area contributed by atoms with Crippen molar-refractivity contribution >= 4 is 21.8 Å². The number of rotatable bonds is 4. The maximum absolute atomic E-state index is 13.3. The van der Waals surface area contributed by atoms with Gasteiger partial charge in [-0.3, -0.25) is 4.79 Å². The van der Waals surface area contributed by atoms with E-state index in [0.29, 0.717) is 10.0 Å². The average Bonchev–Trinajstić information content (AvgIpc) is 2.17. The van der Waals surface area contributed by atoms with Gasteiger partial charge in [-0.15, -0.1) is 0 Å². The molecule has 0 heterocycles. The van der Waals surface area contributed by atoms with Crippen molar-refractivity contribution < 1.29 is 14.3 Å². The predicted molar refractivity (Wildman–Crippen MR) is 57.6 cm³/mol. The van der Waals surface area contributed by atoms with Crippen LogP contribution in [-0.4, -0.2) is 17.6 Å². The largest absolute Gasteiger partial charge is 0.396 e. The van der Waals surface area contributed by atoms with Gasteiger partial charge < -0.3 is 10.4 Å². The van der Waals surface area contributed by atoms with Crippen molar-refractivity contribution in [3.05, 3.63) is 34.1 Å². The van der Waals surface area contributed by atoms with E-state index in [9.17, 15) is 9.18 Å². The predicted octanol–water partition coefficient (Wildman–Crippen LogP) is 1.59. The van der Waals surface area contributed by atoms with Gasteiger partial charge in [-0.2, -0.15) is 0 Å². The monoisotopic (exact) mass is 275 g/mol. The summed E-state index contributed by atoms with van der Waals surface area (Å²) in [5.74, 6) is -0.659. The molecule has 1 aromatic rings. The van der Waals surface area contributed by atoms with Crippen molar-refractivity contribution in [3.8, 4) is 0 Å². The van der Waals surface area contributed by atoms with Crippen molar-refractivity contribution in [2.45, 2.75) is 13.0 Å². The molecule has 0 aliphatic carbocycles. The van der Waals surface area contributed by atoms with Gasteiger partial charge in [-0.05, 0) is 12.1 Å². The van der Waals surface area contributed by atoms with Gasteiger partial charge in [0.1, 0.15) is 5.82 Å². The van der Waals surface area contributed by atoms with E-state index in [-0.39, 0.29) is 31.3 Å². The SMILES string of the molecule is O=C(CCO)NCc1ccc(Br)cc1F. The first kappa shape index (κ1) is 12.1. The van der Waals surface area contributed by atoms with Gasteiger partial charge in [-0.1, -0.05) is 22.0 Å². The lowest BCUT2D eigenvalue weighted by atomic mass is 10.2. The summed E-state index contributed by atoms with van der Waals surface area (Å²) >= 11 is 3.14. The van der Waals surface area contributed by atoms with E-state index in [1.807, 2.05) is 0 Å². The summed E-state index contributed by atoms with van der Waals surface area (Å²) in [6, 6.07) is 4.64. The number of aliphatic hydroxyl groups excluding tert-OH is 1. The molecule has 1 rings (SSSR count). The highest BCUT2D eigenvalue weighted by Gasteiger charge is 2.04. The maximum atomic E-state index is 13.3. The quantitative estimate of drug-likeness (QED) is 0.877. The molecule has 3 nitrogen and oxygen atoms in total. The molecule has 0 saturated carbocycles. The second-order valence-electron chi connectivity index (χ2n) is 2.99. The van der Waals surface area contributed by atoms with Gasteiger partial charge in [0, 0.05) is 23.0 Å². The molecule has 0 fully saturated rings. The lowest BCUT2D eigenvalue weighted by Gasteiger charge is -2.05. The van der Waals surface area contributed by atoms with Crippen LogP contribution in [-0.2, 0) is 11.3 Å². The third kappa shape index (κ3) is 3.97. The van der Waals surface area contributed by atoms with Crippen molar-refractivity contribution in [3.63, 3.8) is 0 Å². The second-order valence-corrected chi connectivity index (χ2v) is 3.90. The number of aliphatic hydroxyl groups is 1. The summed E-state index contributed by atoms with van der Waals surface area (Å²) in [6.45, 7) is -0.0629. The van der Waals surface area contributed by atoms with Crippen LogP contribution in [0.4, 0.5) is 4.39 Å². The molecule has 0 radical (unpaired) electrons. The Bertz CT molecular complexity index is 357. The van der Waals surface area contributed by atoms with E-state index in [1.54, 1.807) is 12.1 Å². The number of hydrogen-bond donors (Lipinski definition) is 2. The minimum absolute atomic E-state index is 0.0398. The summed E-state index contributed by atoms with van der Waals surface area (Å²) in [5, 5.41) is 11.0. The number of halogens is 2. The van der Waals surface area contributed by atoms with E-state index >= 15 is 0 Å². The summed E-state index contributed by atoms with van der Waals surface area (Å²) < 4.78 is 13.9. The molecular formula is C10H11BrFNO2. The summed E-state index contributed by atoms with van der Waals surface area (Å²) in [5.41, 5.74) is 0.421. The molecule has 0 saturated heterocycles. The van der Waals surface area contributed by atoms with Gasteiger partial charge >= 0.3 is 0 Å². The second kappa shape index (κ2) is 5.82. The van der Waals surface area contributed by atoms with Crippen LogP contribution in [0.1, 0.15) is 12.0 Å². The van der Waals surface area contributed by atoms with E-state index in [1.165, 1.54) is 6.07 Å². The molecule has 2 N–H and O–H groups in total. The third-order valence-electron chi connectivity index (χ3n) is 1.83. The Morgan fingerprint density at radius 2 is 2.27 bits per heavy atom. The molecule has 0 bridgehead atoms. The molecule has 1 aromatic carbocycles. The molecule has 0 atom stereocenters. The first-order valence-electron chi connectivity index (χ1n) is 4.45. The number of carbonyl (C=O) groups excluding carboxylic acids is 1. The highest BCUT2D eigenvalue weighted by atomic mass is 79.9. The molecule has 0 unspecified atom stereocenters. The van der Waals surface area contributed by atoms with Crippen molar-refractivity contribution in [2.24, 2.45) is 0 Å². The molecule has 5 heteroatoms. The Labute approximate surface area is 95.4 Å². The zero-order valence-corrected chi connectivity index (χ0v) is 9.55.